The van der Waals surface area contributed by atoms with E-state index in [9.17, 15) is 0 Å². The van der Waals surface area contributed by atoms with E-state index >= 15 is 0 Å². The summed E-state index contributed by atoms with van der Waals surface area (Å²) in [5.41, 5.74) is 2.41. The van der Waals surface area contributed by atoms with Gasteiger partial charge >= 0.3 is 0 Å². The molecule has 1 heterocycles. The number of alkyl halides is 3. The lowest BCUT2D eigenvalue weighted by Gasteiger charge is -2.15. The molecule has 0 bridgehead atoms. The highest BCUT2D eigenvalue weighted by atomic mass is 35.6. The van der Waals surface area contributed by atoms with Crippen molar-refractivity contribution in [2.75, 3.05) is 0 Å². The molecule has 0 saturated heterocycles. The number of benzene rings is 1. The molecular formula is C25H20Cl3N3S. The number of halogens is 3. The Balaban J connectivity index is 1.87. The number of rotatable bonds is 3. The SMILES string of the molecule is S=C(NC1=C/C=C\C=C/C=C\C=C/C=C\1)n1cc(/C=C/c2ccccc2)nc1C(Cl)(Cl)Cl. The minimum atomic E-state index is -1.75. The molecule has 0 spiro atoms. The Bertz CT molecular complexity index is 1140. The maximum absolute atomic E-state index is 6.18. The fourth-order valence-electron chi connectivity index (χ4n) is 2.67. The van der Waals surface area contributed by atoms with Crippen LogP contribution in [0.1, 0.15) is 17.1 Å². The fourth-order valence-corrected chi connectivity index (χ4v) is 3.33. The predicted molar refractivity (Wildman–Crippen MR) is 142 cm³/mol. The Morgan fingerprint density at radius 3 is 2.16 bits per heavy atom. The van der Waals surface area contributed by atoms with Gasteiger partial charge in [-0.05, 0) is 36.0 Å². The van der Waals surface area contributed by atoms with Gasteiger partial charge < -0.3 is 5.32 Å². The fraction of sp³-hybridized carbons (Fsp3) is 0.0400. The topological polar surface area (TPSA) is 29.9 Å². The molecule has 1 aromatic heterocycles. The number of thiocarbonyl (C=S) groups is 1. The molecular weight excluding hydrogens is 481 g/mol. The molecule has 1 aromatic carbocycles. The van der Waals surface area contributed by atoms with Gasteiger partial charge in [-0.25, -0.2) is 4.98 Å². The van der Waals surface area contributed by atoms with E-state index in [-0.39, 0.29) is 5.82 Å². The van der Waals surface area contributed by atoms with E-state index in [4.69, 9.17) is 47.0 Å². The van der Waals surface area contributed by atoms with Crippen molar-refractivity contribution in [1.82, 2.24) is 14.9 Å². The van der Waals surface area contributed by atoms with E-state index in [1.165, 1.54) is 0 Å². The molecule has 0 amide bonds. The van der Waals surface area contributed by atoms with Crippen molar-refractivity contribution >= 4 is 64.3 Å². The average molecular weight is 501 g/mol. The van der Waals surface area contributed by atoms with Crippen LogP contribution in [0, 0.1) is 0 Å². The number of nitrogens with zero attached hydrogens (tertiary/aromatic N) is 2. The largest absolute Gasteiger partial charge is 0.332 e. The lowest BCUT2D eigenvalue weighted by atomic mass is 10.2. The minimum Gasteiger partial charge on any atom is -0.332 e. The first-order chi connectivity index (χ1) is 15.4. The lowest BCUT2D eigenvalue weighted by Crippen LogP contribution is -2.29. The Labute approximate surface area is 208 Å². The molecule has 1 aliphatic rings. The summed E-state index contributed by atoms with van der Waals surface area (Å²) in [4.78, 5) is 4.47. The van der Waals surface area contributed by atoms with Crippen LogP contribution in [0.4, 0.5) is 0 Å². The summed E-state index contributed by atoms with van der Waals surface area (Å²) in [6.07, 6.45) is 26.7. The number of hydrogen-bond acceptors (Lipinski definition) is 2. The number of nitrogens with one attached hydrogen (secondary N) is 1. The lowest BCUT2D eigenvalue weighted by molar-refractivity contribution is 0.929. The first kappa shape index (κ1) is 24.0. The van der Waals surface area contributed by atoms with Crippen molar-refractivity contribution in [2.24, 2.45) is 0 Å². The Kier molecular flexibility index (Phi) is 8.89. The quantitative estimate of drug-likeness (QED) is 0.355. The van der Waals surface area contributed by atoms with E-state index < -0.39 is 3.79 Å². The summed E-state index contributed by atoms with van der Waals surface area (Å²) >= 11 is 24.1. The highest BCUT2D eigenvalue weighted by Crippen LogP contribution is 2.37. The average Bonchev–Trinajstić information content (AvgIpc) is 3.20. The highest BCUT2D eigenvalue weighted by molar-refractivity contribution is 7.80. The zero-order valence-corrected chi connectivity index (χ0v) is 20.0. The second-order valence-electron chi connectivity index (χ2n) is 6.55. The van der Waals surface area contributed by atoms with E-state index in [0.29, 0.717) is 10.8 Å². The Hall–Kier alpha value is -2.63. The number of imidazole rings is 1. The zero-order chi connectivity index (χ0) is 22.8. The monoisotopic (exact) mass is 499 g/mol. The molecule has 0 unspecified atom stereocenters. The van der Waals surface area contributed by atoms with Crippen molar-refractivity contribution in [3.05, 3.63) is 126 Å². The molecule has 0 saturated carbocycles. The third kappa shape index (κ3) is 7.50. The zero-order valence-electron chi connectivity index (χ0n) is 16.9. The van der Waals surface area contributed by atoms with Gasteiger partial charge in [-0.1, -0.05) is 126 Å². The normalized spacial score (nSPS) is 20.9. The summed E-state index contributed by atoms with van der Waals surface area (Å²) < 4.78 is -0.179. The maximum Gasteiger partial charge on any atom is 0.248 e. The molecule has 7 heteroatoms. The Morgan fingerprint density at radius 1 is 0.875 bits per heavy atom. The predicted octanol–water partition coefficient (Wildman–Crippen LogP) is 7.28. The molecule has 0 aliphatic heterocycles. The first-order valence-corrected chi connectivity index (χ1v) is 11.2. The van der Waals surface area contributed by atoms with Crippen LogP contribution in [0.2, 0.25) is 0 Å². The molecule has 32 heavy (non-hydrogen) atoms. The second-order valence-corrected chi connectivity index (χ2v) is 9.22. The Morgan fingerprint density at radius 2 is 1.50 bits per heavy atom. The van der Waals surface area contributed by atoms with Gasteiger partial charge in [0.2, 0.25) is 3.79 Å². The molecule has 2 aromatic rings. The van der Waals surface area contributed by atoms with Crippen LogP contribution in [0.25, 0.3) is 12.2 Å². The van der Waals surface area contributed by atoms with Gasteiger partial charge in [-0.2, -0.15) is 0 Å². The summed E-state index contributed by atoms with van der Waals surface area (Å²) in [5.74, 6) is 0.203. The van der Waals surface area contributed by atoms with Gasteiger partial charge in [0.05, 0.1) is 5.69 Å². The van der Waals surface area contributed by atoms with E-state index in [0.717, 1.165) is 11.3 Å². The third-order valence-corrected chi connectivity index (χ3v) is 4.94. The minimum absolute atomic E-state index is 0.203. The van der Waals surface area contributed by atoms with E-state index in [1.807, 2.05) is 109 Å². The van der Waals surface area contributed by atoms with Gasteiger partial charge in [-0.15, -0.1) is 0 Å². The van der Waals surface area contributed by atoms with Crippen molar-refractivity contribution < 1.29 is 0 Å². The standard InChI is InChI=1S/C25H20Cl3N3S/c26-25(27,28)23-29-22(18-17-20-13-9-8-10-14-20)19-31(23)24(32)30-21-15-11-6-4-2-1-3-5-7-12-16-21/h1-19H,(H,30,32)/b2-1-,3-1?,4-2?,5-3-,6-4-,7-5?,11-6?,12-7-,15-11-,16-12?,18-17+,21-15?,21-16+. The summed E-state index contributed by atoms with van der Waals surface area (Å²) in [5, 5.41) is 3.52. The molecule has 1 aliphatic carbocycles. The van der Waals surface area contributed by atoms with Crippen LogP contribution in [0.5, 0.6) is 0 Å². The van der Waals surface area contributed by atoms with Crippen molar-refractivity contribution in [1.29, 1.82) is 0 Å². The van der Waals surface area contributed by atoms with Crippen molar-refractivity contribution in [3.63, 3.8) is 0 Å². The van der Waals surface area contributed by atoms with Gasteiger partial charge in [0.1, 0.15) is 0 Å². The van der Waals surface area contributed by atoms with Crippen molar-refractivity contribution in [3.8, 4) is 0 Å². The van der Waals surface area contributed by atoms with Crippen LogP contribution >= 0.6 is 47.0 Å². The third-order valence-electron chi connectivity index (χ3n) is 4.13. The van der Waals surface area contributed by atoms with Gasteiger partial charge in [0.25, 0.3) is 0 Å². The van der Waals surface area contributed by atoms with Crippen LogP contribution in [0.3, 0.4) is 0 Å². The van der Waals surface area contributed by atoms with E-state index in [2.05, 4.69) is 10.3 Å². The molecule has 0 radical (unpaired) electrons. The molecule has 3 rings (SSSR count). The smallest absolute Gasteiger partial charge is 0.248 e. The van der Waals surface area contributed by atoms with Crippen LogP contribution in [-0.2, 0) is 3.79 Å². The van der Waals surface area contributed by atoms with E-state index in [1.54, 1.807) is 10.8 Å². The van der Waals surface area contributed by atoms with Gasteiger partial charge in [0, 0.05) is 11.9 Å². The maximum atomic E-state index is 6.18. The summed E-state index contributed by atoms with van der Waals surface area (Å²) in [6.45, 7) is 0. The summed E-state index contributed by atoms with van der Waals surface area (Å²) in [6, 6.07) is 9.87. The second kappa shape index (κ2) is 11.8. The highest BCUT2D eigenvalue weighted by Gasteiger charge is 2.30. The molecule has 0 atom stereocenters. The van der Waals surface area contributed by atoms with Crippen LogP contribution < -0.4 is 5.32 Å². The number of hydrogen-bond donors (Lipinski definition) is 1. The molecule has 162 valence electrons. The molecule has 3 nitrogen and oxygen atoms in total. The van der Waals surface area contributed by atoms with Crippen molar-refractivity contribution in [2.45, 2.75) is 3.79 Å². The molecule has 1 N–H and O–H groups in total. The van der Waals surface area contributed by atoms with Gasteiger partial charge in [0.15, 0.2) is 10.9 Å². The number of allylic oxidation sites excluding steroid dienone is 11. The summed E-state index contributed by atoms with van der Waals surface area (Å²) in [7, 11) is 0. The van der Waals surface area contributed by atoms with Gasteiger partial charge in [-0.3, -0.25) is 4.57 Å². The van der Waals surface area contributed by atoms with Crippen LogP contribution in [-0.4, -0.2) is 14.7 Å². The first-order valence-electron chi connectivity index (χ1n) is 9.69. The van der Waals surface area contributed by atoms with Crippen LogP contribution in [0.15, 0.2) is 109 Å². The molecule has 0 fully saturated rings. The number of aromatic nitrogens is 2.